The van der Waals surface area contributed by atoms with E-state index in [1.54, 1.807) is 19.2 Å². The van der Waals surface area contributed by atoms with E-state index in [1.807, 2.05) is 31.2 Å². The fourth-order valence-electron chi connectivity index (χ4n) is 3.66. The molecule has 0 saturated carbocycles. The molecule has 0 aliphatic carbocycles. The van der Waals surface area contributed by atoms with Crippen molar-refractivity contribution in [3.8, 4) is 5.75 Å². The molecule has 2 N–H and O–H groups in total. The van der Waals surface area contributed by atoms with E-state index in [-0.39, 0.29) is 35.8 Å². The van der Waals surface area contributed by atoms with Crippen LogP contribution in [0.5, 0.6) is 5.75 Å². The quantitative estimate of drug-likeness (QED) is 0.271. The number of para-hydroxylation sites is 2. The van der Waals surface area contributed by atoms with Crippen molar-refractivity contribution in [2.45, 2.75) is 39.1 Å². The van der Waals surface area contributed by atoms with Crippen LogP contribution in [0.2, 0.25) is 0 Å². The summed E-state index contributed by atoms with van der Waals surface area (Å²) in [4.78, 5) is 6.39. The largest absolute Gasteiger partial charge is 0.433 e. The topological polar surface area (TPSA) is 58.1 Å². The van der Waals surface area contributed by atoms with Crippen molar-refractivity contribution in [2.24, 2.45) is 4.99 Å². The Kier molecular flexibility index (Phi) is 10.9. The van der Waals surface area contributed by atoms with Crippen LogP contribution in [0.1, 0.15) is 24.5 Å². The van der Waals surface area contributed by atoms with Gasteiger partial charge in [-0.25, -0.2) is 0 Å². The minimum absolute atomic E-state index is 0. The van der Waals surface area contributed by atoms with Crippen molar-refractivity contribution in [1.29, 1.82) is 0 Å². The second-order valence-corrected chi connectivity index (χ2v) is 7.25. The molecule has 176 valence electrons. The maximum Gasteiger partial charge on any atom is 0.387 e. The molecule has 1 aliphatic rings. The van der Waals surface area contributed by atoms with E-state index in [1.165, 1.54) is 0 Å². The second kappa shape index (κ2) is 13.4. The van der Waals surface area contributed by atoms with Gasteiger partial charge in [-0.15, -0.1) is 24.0 Å². The molecule has 2 aromatic rings. The van der Waals surface area contributed by atoms with Crippen molar-refractivity contribution in [3.63, 3.8) is 0 Å². The van der Waals surface area contributed by atoms with E-state index < -0.39 is 6.61 Å². The summed E-state index contributed by atoms with van der Waals surface area (Å²) in [6.45, 7) is 2.44. The summed E-state index contributed by atoms with van der Waals surface area (Å²) in [6.07, 6.45) is 0.866. The summed E-state index contributed by atoms with van der Waals surface area (Å²) in [7, 11) is 1.74. The fraction of sp³-hybridized carbons (Fsp3) is 0.435. The number of alkyl halides is 2. The van der Waals surface area contributed by atoms with Crippen LogP contribution >= 0.6 is 24.0 Å². The number of hydrogen-bond donors (Lipinski definition) is 2. The van der Waals surface area contributed by atoms with E-state index in [4.69, 9.17) is 4.74 Å². The molecule has 0 radical (unpaired) electrons. The molecule has 1 atom stereocenters. The molecule has 0 spiro atoms. The predicted molar refractivity (Wildman–Crippen MR) is 134 cm³/mol. The van der Waals surface area contributed by atoms with Crippen molar-refractivity contribution >= 4 is 35.6 Å². The molecular formula is C23H31F2IN4O2. The highest BCUT2D eigenvalue weighted by molar-refractivity contribution is 14.0. The number of nitrogens with one attached hydrogen (secondary N) is 2. The summed E-state index contributed by atoms with van der Waals surface area (Å²) in [5.74, 6) is 0.904. The van der Waals surface area contributed by atoms with E-state index in [0.717, 1.165) is 24.1 Å². The Morgan fingerprint density at radius 2 is 1.88 bits per heavy atom. The number of guanidine groups is 1. The zero-order chi connectivity index (χ0) is 22.1. The molecule has 1 unspecified atom stereocenters. The molecule has 6 nitrogen and oxygen atoms in total. The number of nitrogens with zero attached hydrogens (tertiary/aromatic N) is 2. The van der Waals surface area contributed by atoms with Gasteiger partial charge in [-0.2, -0.15) is 8.78 Å². The lowest BCUT2D eigenvalue weighted by Gasteiger charge is -2.22. The van der Waals surface area contributed by atoms with E-state index >= 15 is 0 Å². The molecule has 0 bridgehead atoms. The average Bonchev–Trinajstić information content (AvgIpc) is 3.24. The molecule has 3 rings (SSSR count). The lowest BCUT2D eigenvalue weighted by molar-refractivity contribution is -0.0495. The second-order valence-electron chi connectivity index (χ2n) is 7.25. The number of halogens is 3. The minimum Gasteiger partial charge on any atom is -0.433 e. The Morgan fingerprint density at radius 1 is 1.16 bits per heavy atom. The van der Waals surface area contributed by atoms with Crippen LogP contribution in [0.4, 0.5) is 14.5 Å². The standard InChI is InChI=1S/C23H30F2N4O2.HI/c1-3-30-16-18-9-5-4-8-17(18)14-27-23(26-2)28-19-12-13-29(15-19)20-10-6-7-11-21(20)31-22(24)25;/h4-11,19,22H,3,12-16H2,1-2H3,(H2,26,27,28);1H. The van der Waals surface area contributed by atoms with Crippen molar-refractivity contribution in [1.82, 2.24) is 10.6 Å². The number of aliphatic imine (C=N–C) groups is 1. The zero-order valence-corrected chi connectivity index (χ0v) is 20.7. The predicted octanol–water partition coefficient (Wildman–Crippen LogP) is 4.39. The zero-order valence-electron chi connectivity index (χ0n) is 18.4. The van der Waals surface area contributed by atoms with Crippen molar-refractivity contribution in [3.05, 3.63) is 59.7 Å². The first-order chi connectivity index (χ1) is 15.1. The Balaban J connectivity index is 0.00000363. The summed E-state index contributed by atoms with van der Waals surface area (Å²) >= 11 is 0. The highest BCUT2D eigenvalue weighted by Crippen LogP contribution is 2.31. The third-order valence-electron chi connectivity index (χ3n) is 5.20. The molecule has 32 heavy (non-hydrogen) atoms. The molecule has 0 aromatic heterocycles. The average molecular weight is 560 g/mol. The van der Waals surface area contributed by atoms with E-state index in [9.17, 15) is 8.78 Å². The Morgan fingerprint density at radius 3 is 2.59 bits per heavy atom. The van der Waals surface area contributed by atoms with E-state index in [2.05, 4.69) is 37.4 Å². The highest BCUT2D eigenvalue weighted by atomic mass is 127. The fourth-order valence-corrected chi connectivity index (χ4v) is 3.66. The van der Waals surface area contributed by atoms with Gasteiger partial charge in [0.25, 0.3) is 0 Å². The van der Waals surface area contributed by atoms with Crippen LogP contribution in [0.3, 0.4) is 0 Å². The van der Waals surface area contributed by atoms with Crippen LogP contribution in [-0.2, 0) is 17.9 Å². The first-order valence-corrected chi connectivity index (χ1v) is 10.5. The molecule has 1 aliphatic heterocycles. The van der Waals surface area contributed by atoms with Gasteiger partial charge in [0, 0.05) is 39.3 Å². The number of benzene rings is 2. The lowest BCUT2D eigenvalue weighted by atomic mass is 10.1. The van der Waals surface area contributed by atoms with Crippen LogP contribution in [0, 0.1) is 0 Å². The number of hydrogen-bond acceptors (Lipinski definition) is 4. The van der Waals surface area contributed by atoms with Gasteiger partial charge in [0.05, 0.1) is 12.3 Å². The SMILES string of the molecule is CCOCc1ccccc1CNC(=NC)NC1CCN(c2ccccc2OC(F)F)C1.I. The van der Waals surface area contributed by atoms with Gasteiger partial charge >= 0.3 is 6.61 Å². The van der Waals surface area contributed by atoms with Crippen molar-refractivity contribution < 1.29 is 18.3 Å². The third-order valence-corrected chi connectivity index (χ3v) is 5.20. The van der Waals surface area contributed by atoms with E-state index in [0.29, 0.717) is 38.0 Å². The van der Waals surface area contributed by atoms with Crippen LogP contribution in [-0.4, -0.2) is 45.4 Å². The molecular weight excluding hydrogens is 529 g/mol. The maximum atomic E-state index is 12.7. The molecule has 1 fully saturated rings. The summed E-state index contributed by atoms with van der Waals surface area (Å²) in [6, 6.07) is 15.2. The number of anilines is 1. The third kappa shape index (κ3) is 7.47. The van der Waals surface area contributed by atoms with Gasteiger partial charge in [-0.05, 0) is 36.6 Å². The lowest BCUT2D eigenvalue weighted by Crippen LogP contribution is -2.44. The number of ether oxygens (including phenoxy) is 2. The smallest absolute Gasteiger partial charge is 0.387 e. The number of rotatable bonds is 9. The van der Waals surface area contributed by atoms with Gasteiger partial charge < -0.3 is 25.0 Å². The molecule has 1 heterocycles. The minimum atomic E-state index is -2.84. The van der Waals surface area contributed by atoms with Gasteiger partial charge in [-0.3, -0.25) is 4.99 Å². The van der Waals surface area contributed by atoms with Gasteiger partial charge in [-0.1, -0.05) is 36.4 Å². The van der Waals surface area contributed by atoms with Crippen LogP contribution in [0.25, 0.3) is 0 Å². The molecule has 9 heteroatoms. The highest BCUT2D eigenvalue weighted by Gasteiger charge is 2.26. The van der Waals surface area contributed by atoms with Crippen LogP contribution in [0.15, 0.2) is 53.5 Å². The monoisotopic (exact) mass is 560 g/mol. The summed E-state index contributed by atoms with van der Waals surface area (Å²) in [5, 5.41) is 6.80. The van der Waals surface area contributed by atoms with Gasteiger partial charge in [0.2, 0.25) is 0 Å². The van der Waals surface area contributed by atoms with Gasteiger partial charge in [0.1, 0.15) is 5.75 Å². The van der Waals surface area contributed by atoms with Crippen molar-refractivity contribution in [2.75, 3.05) is 31.6 Å². The Bertz CT molecular complexity index is 869. The first kappa shape index (κ1) is 26.1. The Hall–Kier alpha value is -2.14. The molecule has 0 amide bonds. The Labute approximate surface area is 205 Å². The maximum absolute atomic E-state index is 12.7. The summed E-state index contributed by atoms with van der Waals surface area (Å²) < 4.78 is 35.7. The normalized spacial score (nSPS) is 16.1. The van der Waals surface area contributed by atoms with Crippen LogP contribution < -0.4 is 20.3 Å². The molecule has 2 aromatic carbocycles. The molecule has 1 saturated heterocycles. The first-order valence-electron chi connectivity index (χ1n) is 10.5. The van der Waals surface area contributed by atoms with Gasteiger partial charge in [0.15, 0.2) is 5.96 Å². The summed E-state index contributed by atoms with van der Waals surface area (Å²) in [5.41, 5.74) is 2.99.